The number of hydrogen-bond acceptors (Lipinski definition) is 7. The van der Waals surface area contributed by atoms with Gasteiger partial charge < -0.3 is 9.64 Å². The molecular formula is C24H23ClN8O2. The fourth-order valence-electron chi connectivity index (χ4n) is 4.52. The number of halogens is 1. The Balaban J connectivity index is 1.61. The quantitative estimate of drug-likeness (QED) is 0.374. The van der Waals surface area contributed by atoms with Crippen LogP contribution < -0.4 is 10.6 Å². The number of ether oxygens (including phenoxy) is 1. The van der Waals surface area contributed by atoms with Crippen molar-refractivity contribution >= 4 is 34.0 Å². The maximum Gasteiger partial charge on any atom is 0.336 e. The Morgan fingerprint density at radius 3 is 2.66 bits per heavy atom. The molecule has 35 heavy (non-hydrogen) atoms. The number of hydrogen-bond donors (Lipinski definition) is 0. The van der Waals surface area contributed by atoms with Crippen molar-refractivity contribution in [2.45, 2.75) is 20.0 Å². The average Bonchev–Trinajstić information content (AvgIpc) is 3.55. The molecule has 1 aliphatic rings. The van der Waals surface area contributed by atoms with Crippen LogP contribution in [-0.4, -0.2) is 60.2 Å². The molecule has 0 bridgehead atoms. The Kier molecular flexibility index (Phi) is 5.46. The van der Waals surface area contributed by atoms with Crippen molar-refractivity contribution in [3.63, 3.8) is 0 Å². The molecule has 0 amide bonds. The molecule has 0 radical (unpaired) electrons. The lowest BCUT2D eigenvalue weighted by Crippen LogP contribution is -2.36. The Labute approximate surface area is 205 Å². The number of aromatic nitrogens is 7. The van der Waals surface area contributed by atoms with Gasteiger partial charge in [0.25, 0.3) is 0 Å². The van der Waals surface area contributed by atoms with E-state index in [0.29, 0.717) is 53.8 Å². The number of fused-ring (bicyclic) bond motifs is 3. The van der Waals surface area contributed by atoms with E-state index in [4.69, 9.17) is 21.3 Å². The van der Waals surface area contributed by atoms with Gasteiger partial charge in [0.1, 0.15) is 11.2 Å². The molecule has 5 heterocycles. The average molecular weight is 491 g/mol. The molecule has 1 saturated heterocycles. The normalized spacial score (nSPS) is 14.3. The summed E-state index contributed by atoms with van der Waals surface area (Å²) in [5, 5.41) is 13.7. The van der Waals surface area contributed by atoms with Crippen molar-refractivity contribution < 1.29 is 4.74 Å². The van der Waals surface area contributed by atoms with Gasteiger partial charge in [-0.25, -0.2) is 14.2 Å². The van der Waals surface area contributed by atoms with Crippen LogP contribution in [0.3, 0.4) is 0 Å². The fraction of sp³-hybridized carbons (Fsp3) is 0.292. The minimum atomic E-state index is -0.243. The highest BCUT2D eigenvalue weighted by atomic mass is 35.5. The maximum atomic E-state index is 14.0. The van der Waals surface area contributed by atoms with Gasteiger partial charge >= 0.3 is 5.69 Å². The van der Waals surface area contributed by atoms with Crippen LogP contribution in [0.1, 0.15) is 12.5 Å². The van der Waals surface area contributed by atoms with Crippen LogP contribution in [-0.2, 0) is 17.8 Å². The van der Waals surface area contributed by atoms with E-state index in [9.17, 15) is 4.79 Å². The molecule has 0 unspecified atom stereocenters. The summed E-state index contributed by atoms with van der Waals surface area (Å²) in [5.74, 6) is 0.440. The molecule has 178 valence electrons. The molecule has 0 N–H and O–H groups in total. The first kappa shape index (κ1) is 21.8. The first-order valence-electron chi connectivity index (χ1n) is 11.5. The van der Waals surface area contributed by atoms with Gasteiger partial charge in [-0.15, -0.1) is 10.2 Å². The number of rotatable bonds is 5. The minimum absolute atomic E-state index is 0.243. The van der Waals surface area contributed by atoms with Gasteiger partial charge in [0.2, 0.25) is 0 Å². The zero-order chi connectivity index (χ0) is 23.9. The molecule has 0 aliphatic carbocycles. The smallest absolute Gasteiger partial charge is 0.336 e. The third kappa shape index (κ3) is 3.75. The summed E-state index contributed by atoms with van der Waals surface area (Å²) in [5.41, 5.74) is 4.10. The van der Waals surface area contributed by atoms with Gasteiger partial charge in [0.15, 0.2) is 11.5 Å². The molecule has 5 aromatic rings. The predicted molar refractivity (Wildman–Crippen MR) is 133 cm³/mol. The molecule has 10 nitrogen and oxygen atoms in total. The monoisotopic (exact) mass is 490 g/mol. The van der Waals surface area contributed by atoms with E-state index in [-0.39, 0.29) is 5.69 Å². The van der Waals surface area contributed by atoms with Gasteiger partial charge in [0, 0.05) is 30.9 Å². The molecule has 1 fully saturated rings. The molecule has 4 aromatic heterocycles. The number of aryl methyl sites for hydroxylation is 1. The van der Waals surface area contributed by atoms with Crippen LogP contribution in [0.25, 0.3) is 28.2 Å². The second-order valence-corrected chi connectivity index (χ2v) is 8.81. The van der Waals surface area contributed by atoms with E-state index >= 15 is 0 Å². The standard InChI is InChI=1S/C24H23ClN8O2/c1-2-32-19(7-8-27-32)22-28-29-23-21-20(13-18(14-26-21)30-9-11-35-12-10-30)31(24(34)33(22)23)15-16-3-5-17(25)6-4-16/h3-8,13-14H,2,9-12,15H2,1H3. The van der Waals surface area contributed by atoms with Gasteiger partial charge in [-0.1, -0.05) is 23.7 Å². The summed E-state index contributed by atoms with van der Waals surface area (Å²) in [6.45, 7) is 5.84. The van der Waals surface area contributed by atoms with Crippen LogP contribution >= 0.6 is 11.6 Å². The summed E-state index contributed by atoms with van der Waals surface area (Å²) in [7, 11) is 0. The number of morpholine rings is 1. The number of pyridine rings is 1. The van der Waals surface area contributed by atoms with Crippen LogP contribution in [0.5, 0.6) is 0 Å². The van der Waals surface area contributed by atoms with Gasteiger partial charge in [-0.3, -0.25) is 9.25 Å². The predicted octanol–water partition coefficient (Wildman–Crippen LogP) is 2.86. The van der Waals surface area contributed by atoms with Crippen molar-refractivity contribution in [2.75, 3.05) is 31.2 Å². The third-order valence-electron chi connectivity index (χ3n) is 6.32. The van der Waals surface area contributed by atoms with Crippen molar-refractivity contribution in [1.82, 2.24) is 33.9 Å². The highest BCUT2D eigenvalue weighted by Gasteiger charge is 2.22. The largest absolute Gasteiger partial charge is 0.378 e. The molecule has 1 aromatic carbocycles. The molecule has 0 spiro atoms. The lowest BCUT2D eigenvalue weighted by atomic mass is 10.2. The van der Waals surface area contributed by atoms with Crippen molar-refractivity contribution in [2.24, 2.45) is 0 Å². The second-order valence-electron chi connectivity index (χ2n) is 8.37. The van der Waals surface area contributed by atoms with Crippen LogP contribution in [0.4, 0.5) is 5.69 Å². The first-order chi connectivity index (χ1) is 17.1. The molecule has 1 aliphatic heterocycles. The van der Waals surface area contributed by atoms with Crippen LogP contribution in [0, 0.1) is 0 Å². The third-order valence-corrected chi connectivity index (χ3v) is 6.57. The summed E-state index contributed by atoms with van der Waals surface area (Å²) in [6, 6.07) is 11.3. The number of nitrogens with zero attached hydrogens (tertiary/aromatic N) is 8. The first-order valence-corrected chi connectivity index (χ1v) is 11.9. The lowest BCUT2D eigenvalue weighted by Gasteiger charge is -2.28. The Hall–Kier alpha value is -3.76. The molecule has 6 rings (SSSR count). The molecule has 0 atom stereocenters. The van der Waals surface area contributed by atoms with Gasteiger partial charge in [-0.05, 0) is 36.8 Å². The zero-order valence-corrected chi connectivity index (χ0v) is 19.9. The topological polar surface area (TPSA) is 95.4 Å². The van der Waals surface area contributed by atoms with Crippen molar-refractivity contribution in [3.05, 3.63) is 69.9 Å². The molecule has 0 saturated carbocycles. The number of anilines is 1. The van der Waals surface area contributed by atoms with Crippen LogP contribution in [0.15, 0.2) is 53.6 Å². The lowest BCUT2D eigenvalue weighted by molar-refractivity contribution is 0.122. The minimum Gasteiger partial charge on any atom is -0.378 e. The Bertz CT molecular complexity index is 1580. The highest BCUT2D eigenvalue weighted by Crippen LogP contribution is 2.25. The fourth-order valence-corrected chi connectivity index (χ4v) is 4.65. The van der Waals surface area contributed by atoms with E-state index in [1.807, 2.05) is 49.5 Å². The van der Waals surface area contributed by atoms with Crippen LogP contribution in [0.2, 0.25) is 5.02 Å². The SMILES string of the molecule is CCn1nccc1-c1nnc2c3ncc(N4CCOCC4)cc3n(Cc3ccc(Cl)cc3)c(=O)n12. The van der Waals surface area contributed by atoms with E-state index in [1.54, 1.807) is 15.4 Å². The van der Waals surface area contributed by atoms with Crippen molar-refractivity contribution in [3.8, 4) is 11.5 Å². The Morgan fingerprint density at radius 1 is 1.09 bits per heavy atom. The summed E-state index contributed by atoms with van der Waals surface area (Å²) in [6.07, 6.45) is 3.52. The summed E-state index contributed by atoms with van der Waals surface area (Å²) >= 11 is 6.09. The summed E-state index contributed by atoms with van der Waals surface area (Å²) in [4.78, 5) is 21.0. The highest BCUT2D eigenvalue weighted by molar-refractivity contribution is 6.30. The maximum absolute atomic E-state index is 14.0. The Morgan fingerprint density at radius 2 is 1.89 bits per heavy atom. The van der Waals surface area contributed by atoms with Gasteiger partial charge in [-0.2, -0.15) is 5.10 Å². The molecule has 11 heteroatoms. The summed E-state index contributed by atoms with van der Waals surface area (Å²) < 4.78 is 10.5. The number of benzene rings is 1. The van der Waals surface area contributed by atoms with E-state index in [2.05, 4.69) is 20.2 Å². The second kappa shape index (κ2) is 8.79. The molecular weight excluding hydrogens is 468 g/mol. The van der Waals surface area contributed by atoms with E-state index in [1.165, 1.54) is 4.40 Å². The van der Waals surface area contributed by atoms with Gasteiger partial charge in [0.05, 0.1) is 37.2 Å². The zero-order valence-electron chi connectivity index (χ0n) is 19.1. The van der Waals surface area contributed by atoms with E-state index in [0.717, 1.165) is 30.0 Å². The van der Waals surface area contributed by atoms with E-state index < -0.39 is 0 Å². The van der Waals surface area contributed by atoms with Crippen molar-refractivity contribution in [1.29, 1.82) is 0 Å².